The van der Waals surface area contributed by atoms with Crippen molar-refractivity contribution < 1.29 is 33.4 Å². The van der Waals surface area contributed by atoms with Crippen molar-refractivity contribution in [2.24, 2.45) is 5.73 Å². The van der Waals surface area contributed by atoms with E-state index in [9.17, 15) is 24.0 Å². The lowest BCUT2D eigenvalue weighted by Crippen LogP contribution is -2.53. The summed E-state index contributed by atoms with van der Waals surface area (Å²) in [7, 11) is 0. The minimum atomic E-state index is -1.26. The van der Waals surface area contributed by atoms with Crippen LogP contribution in [-0.4, -0.2) is 66.0 Å². The molecule has 1 aromatic rings. The number of amides is 4. The van der Waals surface area contributed by atoms with E-state index in [4.69, 9.17) is 21.6 Å². The van der Waals surface area contributed by atoms with E-state index in [1.807, 2.05) is 0 Å². The fourth-order valence-corrected chi connectivity index (χ4v) is 3.59. The van der Waals surface area contributed by atoms with Crippen LogP contribution in [0.25, 0.3) is 0 Å². The summed E-state index contributed by atoms with van der Waals surface area (Å²) >= 11 is 0. The first-order valence-corrected chi connectivity index (χ1v) is 12.5. The third-order valence-corrected chi connectivity index (χ3v) is 5.18. The maximum atomic E-state index is 13.9. The standard InChI is InChI=1S/C28H38N4O7/c1-7-18-32(26(36)21(14-15-22(29)33)31-27(37)39-28(4,5)6)24(20-13-11-10-12-19(20)8-2)25(35)30-17-16-23(34)38-9-3/h2,7,10-13,21,24H,1,9,14-18H2,3-6H3,(H2,29,33)(H,30,35)(H,31,37). The number of nitrogens with one attached hydrogen (secondary N) is 2. The topological polar surface area (TPSA) is 157 Å². The van der Waals surface area contributed by atoms with Crippen LogP contribution in [0.1, 0.15) is 64.1 Å². The Morgan fingerprint density at radius 2 is 1.85 bits per heavy atom. The molecule has 0 fully saturated rings. The maximum absolute atomic E-state index is 13.9. The molecule has 0 aromatic heterocycles. The Bertz CT molecular complexity index is 1090. The van der Waals surface area contributed by atoms with Gasteiger partial charge in [0.2, 0.25) is 17.7 Å². The van der Waals surface area contributed by atoms with Crippen molar-refractivity contribution in [1.82, 2.24) is 15.5 Å². The first-order valence-electron chi connectivity index (χ1n) is 12.5. The van der Waals surface area contributed by atoms with E-state index in [0.29, 0.717) is 11.1 Å². The van der Waals surface area contributed by atoms with Gasteiger partial charge in [-0.2, -0.15) is 0 Å². The molecular weight excluding hydrogens is 504 g/mol. The molecule has 0 saturated heterocycles. The van der Waals surface area contributed by atoms with Crippen LogP contribution >= 0.6 is 0 Å². The zero-order valence-electron chi connectivity index (χ0n) is 23.0. The Balaban J connectivity index is 3.47. The van der Waals surface area contributed by atoms with Crippen LogP contribution in [0.5, 0.6) is 0 Å². The molecule has 0 heterocycles. The molecule has 1 rings (SSSR count). The molecule has 11 heteroatoms. The molecule has 212 valence electrons. The summed E-state index contributed by atoms with van der Waals surface area (Å²) in [6.45, 7) is 10.4. The molecular formula is C28H38N4O7. The lowest BCUT2D eigenvalue weighted by Gasteiger charge is -2.34. The van der Waals surface area contributed by atoms with E-state index in [0.717, 1.165) is 0 Å². The number of rotatable bonds is 14. The van der Waals surface area contributed by atoms with Gasteiger partial charge in [-0.05, 0) is 45.7 Å². The molecule has 0 aliphatic rings. The highest BCUT2D eigenvalue weighted by molar-refractivity contribution is 5.93. The second kappa shape index (κ2) is 15.8. The van der Waals surface area contributed by atoms with Gasteiger partial charge < -0.3 is 30.7 Å². The molecule has 4 N–H and O–H groups in total. The van der Waals surface area contributed by atoms with E-state index < -0.39 is 47.5 Å². The number of terminal acetylenes is 1. The number of primary amides is 1. The lowest BCUT2D eigenvalue weighted by atomic mass is 9.97. The van der Waals surface area contributed by atoms with Gasteiger partial charge in [0.25, 0.3) is 0 Å². The molecule has 0 aliphatic carbocycles. The molecule has 1 aromatic carbocycles. The van der Waals surface area contributed by atoms with Gasteiger partial charge in [-0.1, -0.05) is 30.2 Å². The highest BCUT2D eigenvalue weighted by Gasteiger charge is 2.36. The van der Waals surface area contributed by atoms with E-state index in [2.05, 4.69) is 23.1 Å². The first-order chi connectivity index (χ1) is 18.3. The lowest BCUT2D eigenvalue weighted by molar-refractivity contribution is -0.144. The number of hydrogen-bond acceptors (Lipinski definition) is 7. The molecule has 2 unspecified atom stereocenters. The molecule has 11 nitrogen and oxygen atoms in total. The van der Waals surface area contributed by atoms with Crippen molar-refractivity contribution in [2.45, 2.75) is 64.6 Å². The average molecular weight is 543 g/mol. The zero-order valence-corrected chi connectivity index (χ0v) is 23.0. The predicted molar refractivity (Wildman–Crippen MR) is 145 cm³/mol. The van der Waals surface area contributed by atoms with Gasteiger partial charge in [0.05, 0.1) is 13.0 Å². The van der Waals surface area contributed by atoms with Crippen molar-refractivity contribution in [1.29, 1.82) is 0 Å². The van der Waals surface area contributed by atoms with Crippen molar-refractivity contribution >= 4 is 29.8 Å². The summed E-state index contributed by atoms with van der Waals surface area (Å²) in [5.74, 6) is 0.0237. The Labute approximate surface area is 229 Å². The number of nitrogens with two attached hydrogens (primary N) is 1. The van der Waals surface area contributed by atoms with Gasteiger partial charge in [0.1, 0.15) is 17.7 Å². The number of benzene rings is 1. The monoisotopic (exact) mass is 542 g/mol. The van der Waals surface area contributed by atoms with Crippen LogP contribution < -0.4 is 16.4 Å². The maximum Gasteiger partial charge on any atom is 0.408 e. The van der Waals surface area contributed by atoms with Crippen molar-refractivity contribution in [3.05, 3.63) is 48.0 Å². The normalized spacial score (nSPS) is 12.2. The average Bonchev–Trinajstić information content (AvgIpc) is 2.85. The Kier molecular flexibility index (Phi) is 13.3. The molecule has 0 spiro atoms. The summed E-state index contributed by atoms with van der Waals surface area (Å²) in [6, 6.07) is 4.05. The molecule has 4 amide bonds. The molecule has 0 bridgehead atoms. The highest BCUT2D eigenvalue weighted by atomic mass is 16.6. The quantitative estimate of drug-likeness (QED) is 0.184. The van der Waals surface area contributed by atoms with Crippen LogP contribution in [-0.2, 0) is 28.7 Å². The van der Waals surface area contributed by atoms with Gasteiger partial charge >= 0.3 is 12.1 Å². The second-order valence-corrected chi connectivity index (χ2v) is 9.46. The number of carbonyl (C=O) groups excluding carboxylic acids is 5. The molecule has 0 aliphatic heterocycles. The van der Waals surface area contributed by atoms with Crippen LogP contribution in [0, 0.1) is 12.3 Å². The third kappa shape index (κ3) is 11.3. The van der Waals surface area contributed by atoms with Gasteiger partial charge in [0.15, 0.2) is 0 Å². The second-order valence-electron chi connectivity index (χ2n) is 9.46. The minimum absolute atomic E-state index is 0.0518. The summed E-state index contributed by atoms with van der Waals surface area (Å²) in [5.41, 5.74) is 5.15. The Morgan fingerprint density at radius 1 is 1.18 bits per heavy atom. The van der Waals surface area contributed by atoms with Crippen LogP contribution in [0.2, 0.25) is 0 Å². The number of ether oxygens (including phenoxy) is 2. The van der Waals surface area contributed by atoms with E-state index in [1.165, 1.54) is 11.0 Å². The summed E-state index contributed by atoms with van der Waals surface area (Å²) in [6.07, 6.45) is 5.77. The number of esters is 1. The van der Waals surface area contributed by atoms with Crippen molar-refractivity contribution in [2.75, 3.05) is 19.7 Å². The fraction of sp³-hybridized carbons (Fsp3) is 0.464. The predicted octanol–water partition coefficient (Wildman–Crippen LogP) is 1.95. The molecule has 0 saturated carbocycles. The van der Waals surface area contributed by atoms with E-state index in [-0.39, 0.29) is 39.0 Å². The van der Waals surface area contributed by atoms with Crippen molar-refractivity contribution in [3.8, 4) is 12.3 Å². The largest absolute Gasteiger partial charge is 0.466 e. The number of hydrogen-bond donors (Lipinski definition) is 3. The van der Waals surface area contributed by atoms with Crippen LogP contribution in [0.4, 0.5) is 4.79 Å². The summed E-state index contributed by atoms with van der Waals surface area (Å²) < 4.78 is 10.2. The number of carbonyl (C=O) groups is 5. The van der Waals surface area contributed by atoms with E-state index in [1.54, 1.807) is 52.0 Å². The third-order valence-electron chi connectivity index (χ3n) is 5.18. The van der Waals surface area contributed by atoms with Crippen molar-refractivity contribution in [3.63, 3.8) is 0 Å². The molecule has 39 heavy (non-hydrogen) atoms. The SMILES string of the molecule is C#Cc1ccccc1C(C(=O)NCCC(=O)OCC)N(CC=C)C(=O)C(CCC(N)=O)NC(=O)OC(C)(C)C. The van der Waals surface area contributed by atoms with Gasteiger partial charge in [-0.25, -0.2) is 4.79 Å². The Hall–Kier alpha value is -4.33. The zero-order chi connectivity index (χ0) is 29.6. The highest BCUT2D eigenvalue weighted by Crippen LogP contribution is 2.26. The van der Waals surface area contributed by atoms with Crippen LogP contribution in [0.3, 0.4) is 0 Å². The number of alkyl carbamates (subject to hydrolysis) is 1. The summed E-state index contributed by atoms with van der Waals surface area (Å²) in [4.78, 5) is 64.4. The molecule has 0 radical (unpaired) electrons. The molecule has 2 atom stereocenters. The van der Waals surface area contributed by atoms with Crippen LogP contribution in [0.15, 0.2) is 36.9 Å². The fourth-order valence-electron chi connectivity index (χ4n) is 3.59. The smallest absolute Gasteiger partial charge is 0.408 e. The van der Waals surface area contributed by atoms with Gasteiger partial charge in [0, 0.05) is 25.1 Å². The number of nitrogens with zero attached hydrogens (tertiary/aromatic N) is 1. The summed E-state index contributed by atoms with van der Waals surface area (Å²) in [5, 5.41) is 5.14. The van der Waals surface area contributed by atoms with Gasteiger partial charge in [-0.15, -0.1) is 13.0 Å². The van der Waals surface area contributed by atoms with Gasteiger partial charge in [-0.3, -0.25) is 19.2 Å². The van der Waals surface area contributed by atoms with E-state index >= 15 is 0 Å². The first kappa shape index (κ1) is 32.7. The minimum Gasteiger partial charge on any atom is -0.466 e. The Morgan fingerprint density at radius 3 is 2.41 bits per heavy atom.